The molecule has 0 bridgehead atoms. The zero-order valence-electron chi connectivity index (χ0n) is 15.6. The summed E-state index contributed by atoms with van der Waals surface area (Å²) in [5.74, 6) is 0.850. The Hall–Kier alpha value is -1.36. The number of anilines is 1. The van der Waals surface area contributed by atoms with Crippen molar-refractivity contribution in [2.75, 3.05) is 43.9 Å². The molecular formula is C19H22ClN3O3S3. The number of rotatable bonds is 7. The molecule has 0 aliphatic carbocycles. The fourth-order valence-electron chi connectivity index (χ4n) is 2.73. The zero-order valence-corrected chi connectivity index (χ0v) is 18.8. The van der Waals surface area contributed by atoms with E-state index in [0.29, 0.717) is 43.6 Å². The van der Waals surface area contributed by atoms with E-state index in [1.54, 1.807) is 23.9 Å². The van der Waals surface area contributed by atoms with E-state index in [9.17, 15) is 8.42 Å². The number of benzene rings is 2. The quantitative estimate of drug-likeness (QED) is 0.364. The van der Waals surface area contributed by atoms with E-state index >= 15 is 0 Å². The lowest BCUT2D eigenvalue weighted by Crippen LogP contribution is -2.40. The standard InChI is InChI=1S/C19H22ClN3O3S3/c20-17-7-6-15(14-18(17)29(24,25)23-9-11-26-12-10-23)22-19(27)21-8-13-28-16-4-2-1-3-5-16/h1-7,14H,8-13H2,(H2,21,22,27). The van der Waals surface area contributed by atoms with E-state index in [0.717, 1.165) is 5.75 Å². The summed E-state index contributed by atoms with van der Waals surface area (Å²) in [5.41, 5.74) is 0.564. The van der Waals surface area contributed by atoms with Crippen LogP contribution in [0.3, 0.4) is 0 Å². The summed E-state index contributed by atoms with van der Waals surface area (Å²) < 4.78 is 32.4. The number of thiocarbonyl (C=S) groups is 1. The van der Waals surface area contributed by atoms with Crippen molar-refractivity contribution in [3.05, 3.63) is 53.6 Å². The average Bonchev–Trinajstić information content (AvgIpc) is 2.74. The largest absolute Gasteiger partial charge is 0.379 e. The molecule has 29 heavy (non-hydrogen) atoms. The molecule has 2 aromatic rings. The van der Waals surface area contributed by atoms with Crippen LogP contribution in [-0.4, -0.2) is 56.4 Å². The van der Waals surface area contributed by atoms with Gasteiger partial charge < -0.3 is 15.4 Å². The lowest BCUT2D eigenvalue weighted by Gasteiger charge is -2.26. The second kappa shape index (κ2) is 10.6. The van der Waals surface area contributed by atoms with Crippen molar-refractivity contribution in [1.29, 1.82) is 0 Å². The van der Waals surface area contributed by atoms with E-state index < -0.39 is 10.0 Å². The number of hydrogen-bond acceptors (Lipinski definition) is 5. The summed E-state index contributed by atoms with van der Waals surface area (Å²) in [5, 5.41) is 6.76. The van der Waals surface area contributed by atoms with Crippen LogP contribution < -0.4 is 10.6 Å². The molecule has 0 saturated carbocycles. The van der Waals surface area contributed by atoms with Crippen LogP contribution in [0.25, 0.3) is 0 Å². The van der Waals surface area contributed by atoms with Gasteiger partial charge in [-0.3, -0.25) is 0 Å². The molecule has 3 rings (SSSR count). The Labute approximate surface area is 186 Å². The number of nitrogens with one attached hydrogen (secondary N) is 2. The molecule has 0 aromatic heterocycles. The van der Waals surface area contributed by atoms with Gasteiger partial charge in [-0.15, -0.1) is 11.8 Å². The van der Waals surface area contributed by atoms with E-state index in [2.05, 4.69) is 22.8 Å². The molecule has 2 aromatic carbocycles. The molecule has 1 fully saturated rings. The van der Waals surface area contributed by atoms with Crippen molar-refractivity contribution in [3.8, 4) is 0 Å². The normalized spacial score (nSPS) is 15.1. The van der Waals surface area contributed by atoms with Crippen LogP contribution in [0.2, 0.25) is 5.02 Å². The third-order valence-electron chi connectivity index (χ3n) is 4.18. The van der Waals surface area contributed by atoms with Gasteiger partial charge in [0.1, 0.15) is 4.90 Å². The molecule has 0 unspecified atom stereocenters. The van der Waals surface area contributed by atoms with Crippen LogP contribution in [-0.2, 0) is 14.8 Å². The molecule has 6 nitrogen and oxygen atoms in total. The van der Waals surface area contributed by atoms with Gasteiger partial charge in [-0.25, -0.2) is 8.42 Å². The lowest BCUT2D eigenvalue weighted by atomic mass is 10.3. The molecule has 0 atom stereocenters. The number of halogens is 1. The maximum atomic E-state index is 12.9. The van der Waals surface area contributed by atoms with Crippen LogP contribution >= 0.6 is 35.6 Å². The Balaban J connectivity index is 1.57. The van der Waals surface area contributed by atoms with E-state index in [1.807, 2.05) is 18.2 Å². The molecule has 10 heteroatoms. The van der Waals surface area contributed by atoms with Crippen molar-refractivity contribution in [2.24, 2.45) is 0 Å². The van der Waals surface area contributed by atoms with Gasteiger partial charge in [-0.05, 0) is 42.5 Å². The molecular weight excluding hydrogens is 450 g/mol. The Morgan fingerprint density at radius 1 is 1.17 bits per heavy atom. The molecule has 156 valence electrons. The summed E-state index contributed by atoms with van der Waals surface area (Å²) in [6.07, 6.45) is 0. The second-order valence-electron chi connectivity index (χ2n) is 6.20. The first kappa shape index (κ1) is 22.3. The first-order valence-corrected chi connectivity index (χ1v) is 12.3. The van der Waals surface area contributed by atoms with Gasteiger partial charge in [0.25, 0.3) is 0 Å². The minimum atomic E-state index is -3.69. The Morgan fingerprint density at radius 2 is 1.90 bits per heavy atom. The van der Waals surface area contributed by atoms with Crippen LogP contribution in [0.5, 0.6) is 0 Å². The number of thioether (sulfide) groups is 1. The molecule has 1 aliphatic rings. The SMILES string of the molecule is O=S(=O)(c1cc(NC(=S)NCCSc2ccccc2)ccc1Cl)N1CCOCC1. The third-order valence-corrected chi connectivity index (χ3v) is 7.82. The summed E-state index contributed by atoms with van der Waals surface area (Å²) in [7, 11) is -3.69. The van der Waals surface area contributed by atoms with Crippen LogP contribution in [0.15, 0.2) is 58.3 Å². The average molecular weight is 472 g/mol. The predicted molar refractivity (Wildman–Crippen MR) is 122 cm³/mol. The number of morpholine rings is 1. The van der Waals surface area contributed by atoms with Gasteiger partial charge in [0.15, 0.2) is 5.11 Å². The highest BCUT2D eigenvalue weighted by molar-refractivity contribution is 7.99. The van der Waals surface area contributed by atoms with Gasteiger partial charge in [-0.1, -0.05) is 29.8 Å². The number of ether oxygens (including phenoxy) is 1. The zero-order chi connectivity index (χ0) is 20.7. The van der Waals surface area contributed by atoms with Crippen molar-refractivity contribution in [2.45, 2.75) is 9.79 Å². The molecule has 2 N–H and O–H groups in total. The van der Waals surface area contributed by atoms with Crippen LogP contribution in [0, 0.1) is 0 Å². The first-order valence-electron chi connectivity index (χ1n) is 9.07. The van der Waals surface area contributed by atoms with E-state index in [4.69, 9.17) is 28.6 Å². The minimum Gasteiger partial charge on any atom is -0.379 e. The molecule has 0 radical (unpaired) electrons. The summed E-state index contributed by atoms with van der Waals surface area (Å²) in [6, 6.07) is 14.9. The Bertz CT molecular complexity index is 936. The van der Waals surface area contributed by atoms with Gasteiger partial charge in [0, 0.05) is 36.0 Å². The monoisotopic (exact) mass is 471 g/mol. The van der Waals surface area contributed by atoms with Gasteiger partial charge in [-0.2, -0.15) is 4.31 Å². The molecule has 0 spiro atoms. The van der Waals surface area contributed by atoms with Crippen molar-refractivity contribution in [1.82, 2.24) is 9.62 Å². The maximum Gasteiger partial charge on any atom is 0.244 e. The van der Waals surface area contributed by atoms with Crippen molar-refractivity contribution >= 4 is 56.4 Å². The Morgan fingerprint density at radius 3 is 2.62 bits per heavy atom. The fraction of sp³-hybridized carbons (Fsp3) is 0.316. The van der Waals surface area contributed by atoms with Crippen molar-refractivity contribution in [3.63, 3.8) is 0 Å². The summed E-state index contributed by atoms with van der Waals surface area (Å²) >= 11 is 13.2. The summed E-state index contributed by atoms with van der Waals surface area (Å²) in [4.78, 5) is 1.26. The molecule has 1 saturated heterocycles. The second-order valence-corrected chi connectivity index (χ2v) is 10.1. The maximum absolute atomic E-state index is 12.9. The minimum absolute atomic E-state index is 0.0634. The smallest absolute Gasteiger partial charge is 0.244 e. The highest BCUT2D eigenvalue weighted by atomic mass is 35.5. The topological polar surface area (TPSA) is 70.7 Å². The molecule has 1 heterocycles. The van der Waals surface area contributed by atoms with E-state index in [-0.39, 0.29) is 9.92 Å². The highest BCUT2D eigenvalue weighted by Gasteiger charge is 2.28. The fourth-order valence-corrected chi connectivity index (χ4v) is 5.65. The van der Waals surface area contributed by atoms with Crippen LogP contribution in [0.1, 0.15) is 0 Å². The first-order chi connectivity index (χ1) is 14.0. The highest BCUT2D eigenvalue weighted by Crippen LogP contribution is 2.28. The van der Waals surface area contributed by atoms with Gasteiger partial charge in [0.05, 0.1) is 18.2 Å². The van der Waals surface area contributed by atoms with Crippen LogP contribution in [0.4, 0.5) is 5.69 Å². The van der Waals surface area contributed by atoms with E-state index in [1.165, 1.54) is 15.3 Å². The van der Waals surface area contributed by atoms with Crippen molar-refractivity contribution < 1.29 is 13.2 Å². The third kappa shape index (κ3) is 6.31. The van der Waals surface area contributed by atoms with Gasteiger partial charge >= 0.3 is 0 Å². The number of nitrogens with zero attached hydrogens (tertiary/aromatic N) is 1. The number of sulfonamides is 1. The molecule has 1 aliphatic heterocycles. The predicted octanol–water partition coefficient (Wildman–Crippen LogP) is 3.44. The summed E-state index contributed by atoms with van der Waals surface area (Å²) in [6.45, 7) is 2.07. The lowest BCUT2D eigenvalue weighted by molar-refractivity contribution is 0.0730. The number of hydrogen-bond donors (Lipinski definition) is 2. The Kier molecular flexibility index (Phi) is 8.16. The molecule has 0 amide bonds. The van der Waals surface area contributed by atoms with Gasteiger partial charge in [0.2, 0.25) is 10.0 Å².